The van der Waals surface area contributed by atoms with E-state index in [2.05, 4.69) is 30.4 Å². The maximum atomic E-state index is 15.3. The molecule has 0 radical (unpaired) electrons. The Kier molecular flexibility index (Phi) is 9.02. The first-order chi connectivity index (χ1) is 20.4. The Hall–Kier alpha value is -3.97. The van der Waals surface area contributed by atoms with Gasteiger partial charge in [0.1, 0.15) is 28.0 Å². The fourth-order valence-electron chi connectivity index (χ4n) is 5.12. The molecule has 0 aliphatic carbocycles. The molecule has 1 aliphatic rings. The second-order valence-corrected chi connectivity index (χ2v) is 11.4. The lowest BCUT2D eigenvalue weighted by molar-refractivity contribution is -0.0380. The van der Waals surface area contributed by atoms with Crippen molar-refractivity contribution in [1.29, 1.82) is 0 Å². The highest BCUT2D eigenvalue weighted by atomic mass is 35.5. The predicted molar refractivity (Wildman–Crippen MR) is 158 cm³/mol. The number of likely N-dealkylation sites (tertiary alicyclic amines) is 1. The Bertz CT molecular complexity index is 1570. The smallest absolute Gasteiger partial charge is 0.245 e. The zero-order chi connectivity index (χ0) is 30.7. The quantitative estimate of drug-likeness (QED) is 0.200. The summed E-state index contributed by atoms with van der Waals surface area (Å²) in [7, 11) is 1.76. The minimum atomic E-state index is -2.68. The molecule has 1 fully saturated rings. The summed E-state index contributed by atoms with van der Waals surface area (Å²) < 4.78 is 49.4. The highest BCUT2D eigenvalue weighted by Crippen LogP contribution is 2.33. The number of nitrogen functional groups attached to an aromatic ring is 1. The van der Waals surface area contributed by atoms with Crippen molar-refractivity contribution in [2.45, 2.75) is 45.2 Å². The molecule has 5 rings (SSSR count). The van der Waals surface area contributed by atoms with Crippen LogP contribution in [0, 0.1) is 11.7 Å². The molecule has 1 aliphatic heterocycles. The molecule has 0 unspecified atom stereocenters. The summed E-state index contributed by atoms with van der Waals surface area (Å²) in [6.45, 7) is 4.80. The Morgan fingerprint density at radius 3 is 2.67 bits per heavy atom. The Labute approximate surface area is 252 Å². The standard InChI is InChI=1S/C29H33ClF3N9O/c1-17(5-7-43-28-21(13-38-41(28)3)27-35-6-4-25(34)40-27)39-23-9-24(30)36-12-20(23)26-22(31)8-18(11-37-26)14-42-15-19(16-42)10-29(2,32)33/h4,6,8-9,11-13,17,19H,5,7,10,14-16H2,1-3H3,(H,36,39)(H2,34,35,40)/t17-/m0/s1. The zero-order valence-electron chi connectivity index (χ0n) is 24.1. The number of hydrogen-bond donors (Lipinski definition) is 2. The minimum Gasteiger partial charge on any atom is -0.477 e. The number of nitrogens with one attached hydrogen (secondary N) is 1. The molecule has 0 spiro atoms. The number of halogens is 4. The molecule has 5 heterocycles. The van der Waals surface area contributed by atoms with Crippen LogP contribution >= 0.6 is 11.6 Å². The molecule has 10 nitrogen and oxygen atoms in total. The summed E-state index contributed by atoms with van der Waals surface area (Å²) in [6, 6.07) is 4.56. The number of ether oxygens (including phenoxy) is 1. The monoisotopic (exact) mass is 615 g/mol. The van der Waals surface area contributed by atoms with E-state index in [1.165, 1.54) is 12.3 Å². The number of alkyl halides is 2. The summed E-state index contributed by atoms with van der Waals surface area (Å²) in [6.07, 6.45) is 6.73. The van der Waals surface area contributed by atoms with Gasteiger partial charge in [-0.1, -0.05) is 11.6 Å². The molecule has 14 heteroatoms. The number of aryl methyl sites for hydroxylation is 1. The van der Waals surface area contributed by atoms with E-state index in [1.54, 1.807) is 42.5 Å². The van der Waals surface area contributed by atoms with Gasteiger partial charge in [0, 0.05) is 75.4 Å². The molecular formula is C29H33ClF3N9O. The Morgan fingerprint density at radius 2 is 1.95 bits per heavy atom. The third kappa shape index (κ3) is 7.71. The van der Waals surface area contributed by atoms with Gasteiger partial charge < -0.3 is 15.8 Å². The summed E-state index contributed by atoms with van der Waals surface area (Å²) in [4.78, 5) is 19.0. The summed E-state index contributed by atoms with van der Waals surface area (Å²) >= 11 is 6.19. The summed E-state index contributed by atoms with van der Waals surface area (Å²) in [5.41, 5.74) is 8.27. The summed E-state index contributed by atoms with van der Waals surface area (Å²) in [5, 5.41) is 7.88. The fraction of sp³-hybridized carbons (Fsp3) is 0.414. The topological polar surface area (TPSA) is 120 Å². The molecule has 43 heavy (non-hydrogen) atoms. The third-order valence-corrected chi connectivity index (χ3v) is 7.31. The lowest BCUT2D eigenvalue weighted by Gasteiger charge is -2.40. The summed E-state index contributed by atoms with van der Waals surface area (Å²) in [5.74, 6) is -1.97. The van der Waals surface area contributed by atoms with Crippen molar-refractivity contribution >= 4 is 23.1 Å². The van der Waals surface area contributed by atoms with Gasteiger partial charge in [0.25, 0.3) is 0 Å². The van der Waals surface area contributed by atoms with E-state index in [4.69, 9.17) is 22.1 Å². The van der Waals surface area contributed by atoms with Gasteiger partial charge in [-0.2, -0.15) is 5.10 Å². The zero-order valence-corrected chi connectivity index (χ0v) is 24.8. The van der Waals surface area contributed by atoms with Crippen LogP contribution in [0.1, 0.15) is 32.3 Å². The van der Waals surface area contributed by atoms with Crippen molar-refractivity contribution in [3.63, 3.8) is 0 Å². The highest BCUT2D eigenvalue weighted by Gasteiger charge is 2.34. The van der Waals surface area contributed by atoms with Gasteiger partial charge in [0.15, 0.2) is 5.82 Å². The molecule has 4 aromatic heterocycles. The van der Waals surface area contributed by atoms with E-state index in [0.29, 0.717) is 72.6 Å². The molecule has 0 amide bonds. The van der Waals surface area contributed by atoms with Crippen LogP contribution in [-0.4, -0.2) is 66.3 Å². The normalized spacial score (nSPS) is 14.9. The number of hydrogen-bond acceptors (Lipinski definition) is 9. The first-order valence-electron chi connectivity index (χ1n) is 13.9. The number of pyridine rings is 2. The molecule has 1 saturated heterocycles. The molecule has 1 atom stereocenters. The van der Waals surface area contributed by atoms with Gasteiger partial charge in [-0.05, 0) is 43.5 Å². The van der Waals surface area contributed by atoms with Crippen LogP contribution in [0.25, 0.3) is 22.6 Å². The van der Waals surface area contributed by atoms with Crippen molar-refractivity contribution < 1.29 is 17.9 Å². The van der Waals surface area contributed by atoms with E-state index in [1.807, 2.05) is 11.8 Å². The van der Waals surface area contributed by atoms with Crippen LogP contribution in [0.3, 0.4) is 0 Å². The van der Waals surface area contributed by atoms with Gasteiger partial charge in [-0.3, -0.25) is 9.88 Å². The molecule has 0 aromatic carbocycles. The van der Waals surface area contributed by atoms with Crippen molar-refractivity contribution in [1.82, 2.24) is 34.6 Å². The van der Waals surface area contributed by atoms with E-state index >= 15 is 4.39 Å². The predicted octanol–water partition coefficient (Wildman–Crippen LogP) is 5.46. The van der Waals surface area contributed by atoms with Crippen molar-refractivity contribution in [3.8, 4) is 28.5 Å². The number of rotatable bonds is 12. The highest BCUT2D eigenvalue weighted by molar-refractivity contribution is 6.29. The lowest BCUT2D eigenvalue weighted by Crippen LogP contribution is -2.47. The first kappa shape index (κ1) is 30.5. The van der Waals surface area contributed by atoms with Crippen LogP contribution in [0.4, 0.5) is 24.7 Å². The van der Waals surface area contributed by atoms with Crippen molar-refractivity contribution in [2.75, 3.05) is 30.7 Å². The largest absolute Gasteiger partial charge is 0.477 e. The number of anilines is 2. The number of nitrogens with zero attached hydrogens (tertiary/aromatic N) is 7. The molecule has 4 aromatic rings. The van der Waals surface area contributed by atoms with Crippen LogP contribution < -0.4 is 15.8 Å². The van der Waals surface area contributed by atoms with Crippen molar-refractivity contribution in [3.05, 3.63) is 59.5 Å². The number of aromatic nitrogens is 6. The van der Waals surface area contributed by atoms with E-state index in [-0.39, 0.29) is 29.2 Å². The van der Waals surface area contributed by atoms with E-state index < -0.39 is 11.7 Å². The van der Waals surface area contributed by atoms with Gasteiger partial charge >= 0.3 is 0 Å². The van der Waals surface area contributed by atoms with Crippen LogP contribution in [0.2, 0.25) is 5.15 Å². The first-order valence-corrected chi connectivity index (χ1v) is 14.2. The van der Waals surface area contributed by atoms with Gasteiger partial charge in [-0.25, -0.2) is 32.8 Å². The SMILES string of the molecule is C[C@@H](CCOc1c(-c2nccc(N)n2)cnn1C)Nc1cc(Cl)ncc1-c1ncc(CN2CC(CC(C)(F)F)C2)cc1F. The average molecular weight is 616 g/mol. The van der Waals surface area contributed by atoms with Crippen LogP contribution in [-0.2, 0) is 13.6 Å². The van der Waals surface area contributed by atoms with Crippen molar-refractivity contribution in [2.24, 2.45) is 13.0 Å². The fourth-order valence-corrected chi connectivity index (χ4v) is 5.28. The second kappa shape index (κ2) is 12.7. The Balaban J connectivity index is 1.21. The third-order valence-electron chi connectivity index (χ3n) is 7.10. The van der Waals surface area contributed by atoms with E-state index in [9.17, 15) is 8.78 Å². The molecule has 3 N–H and O–H groups in total. The maximum Gasteiger partial charge on any atom is 0.245 e. The maximum absolute atomic E-state index is 15.3. The molecule has 228 valence electrons. The van der Waals surface area contributed by atoms with Gasteiger partial charge in [0.05, 0.1) is 12.8 Å². The number of nitrogens with two attached hydrogens (primary N) is 1. The second-order valence-electron chi connectivity index (χ2n) is 11.0. The van der Waals surface area contributed by atoms with Gasteiger partial charge in [0.2, 0.25) is 11.8 Å². The molecular weight excluding hydrogens is 583 g/mol. The van der Waals surface area contributed by atoms with Crippen LogP contribution in [0.5, 0.6) is 5.88 Å². The van der Waals surface area contributed by atoms with Gasteiger partial charge in [-0.15, -0.1) is 0 Å². The molecule has 0 saturated carbocycles. The Morgan fingerprint density at radius 1 is 1.16 bits per heavy atom. The van der Waals surface area contributed by atoms with Crippen LogP contribution in [0.15, 0.2) is 43.0 Å². The minimum absolute atomic E-state index is 0.0540. The lowest BCUT2D eigenvalue weighted by atomic mass is 9.93. The average Bonchev–Trinajstić information content (AvgIpc) is 3.27. The van der Waals surface area contributed by atoms with E-state index in [0.717, 1.165) is 6.92 Å². The molecule has 0 bridgehead atoms.